The van der Waals surface area contributed by atoms with Crippen LogP contribution < -0.4 is 0 Å². The quantitative estimate of drug-likeness (QED) is 0.868. The van der Waals surface area contributed by atoms with Gasteiger partial charge >= 0.3 is 5.97 Å². The molecule has 0 aliphatic heterocycles. The Morgan fingerprint density at radius 3 is 2.62 bits per heavy atom. The van der Waals surface area contributed by atoms with Crippen LogP contribution in [-0.4, -0.2) is 16.1 Å². The second-order valence-electron chi connectivity index (χ2n) is 6.14. The van der Waals surface area contributed by atoms with Crippen molar-refractivity contribution in [1.29, 1.82) is 0 Å². The van der Waals surface area contributed by atoms with E-state index in [2.05, 4.69) is 4.98 Å². The van der Waals surface area contributed by atoms with Gasteiger partial charge in [0.25, 0.3) is 0 Å². The lowest BCUT2D eigenvalue weighted by atomic mass is 9.74. The van der Waals surface area contributed by atoms with Crippen LogP contribution in [0.5, 0.6) is 0 Å². The third kappa shape index (κ3) is 2.07. The minimum absolute atomic E-state index is 0.0571. The van der Waals surface area contributed by atoms with Gasteiger partial charge in [0.15, 0.2) is 11.6 Å². The van der Waals surface area contributed by atoms with E-state index < -0.39 is 17.6 Å². The number of halogens is 2. The van der Waals surface area contributed by atoms with Crippen molar-refractivity contribution in [3.8, 4) is 0 Å². The van der Waals surface area contributed by atoms with Crippen LogP contribution in [0.25, 0.3) is 10.9 Å². The highest BCUT2D eigenvalue weighted by atomic mass is 19.2. The molecule has 2 aromatic rings. The fraction of sp³-hybridized carbons (Fsp3) is 0.375. The van der Waals surface area contributed by atoms with E-state index >= 15 is 0 Å². The Morgan fingerprint density at radius 2 is 1.95 bits per heavy atom. The molecular weight excluding hydrogens is 276 g/mol. The predicted molar refractivity (Wildman–Crippen MR) is 74.6 cm³/mol. The predicted octanol–water partition coefficient (Wildman–Crippen LogP) is 3.83. The molecule has 1 heterocycles. The molecule has 3 rings (SSSR count). The van der Waals surface area contributed by atoms with Crippen molar-refractivity contribution in [2.45, 2.75) is 38.5 Å². The van der Waals surface area contributed by atoms with Crippen LogP contribution in [-0.2, 0) is 11.8 Å². The summed E-state index contributed by atoms with van der Waals surface area (Å²) in [5.41, 5.74) is 1.32. The van der Waals surface area contributed by atoms with Crippen molar-refractivity contribution >= 4 is 16.9 Å². The smallest absolute Gasteiger partial charge is 0.336 e. The first-order chi connectivity index (χ1) is 9.81. The standard InChI is InChI=1S/C16H15F2NO2/c1-16(2)5-3-4-8-13(15(20)21)9-6-10(17)11(18)7-12(9)19-14(8)16/h6-7H,3-5H2,1-2H3,(H,20,21). The van der Waals surface area contributed by atoms with Gasteiger partial charge in [-0.05, 0) is 30.9 Å². The molecule has 0 amide bonds. The lowest BCUT2D eigenvalue weighted by molar-refractivity contribution is 0.0697. The number of pyridine rings is 1. The Labute approximate surface area is 120 Å². The molecule has 5 heteroatoms. The van der Waals surface area contributed by atoms with Crippen LogP contribution in [0.3, 0.4) is 0 Å². The average Bonchev–Trinajstić information content (AvgIpc) is 2.38. The maximum absolute atomic E-state index is 13.5. The molecule has 1 aromatic carbocycles. The highest BCUT2D eigenvalue weighted by Crippen LogP contribution is 2.39. The molecule has 0 fully saturated rings. The number of carbonyl (C=O) groups is 1. The van der Waals surface area contributed by atoms with Crippen molar-refractivity contribution < 1.29 is 18.7 Å². The van der Waals surface area contributed by atoms with Crippen molar-refractivity contribution in [3.05, 3.63) is 40.6 Å². The van der Waals surface area contributed by atoms with Gasteiger partial charge in [0.2, 0.25) is 0 Å². The van der Waals surface area contributed by atoms with Crippen molar-refractivity contribution in [2.75, 3.05) is 0 Å². The molecule has 0 spiro atoms. The average molecular weight is 291 g/mol. The van der Waals surface area contributed by atoms with E-state index in [0.29, 0.717) is 17.7 Å². The third-order valence-corrected chi connectivity index (χ3v) is 4.21. The number of hydrogen-bond acceptors (Lipinski definition) is 2. The number of carboxylic acids is 1. The Kier molecular flexibility index (Phi) is 2.97. The number of nitrogens with zero attached hydrogens (tertiary/aromatic N) is 1. The number of rotatable bonds is 1. The maximum Gasteiger partial charge on any atom is 0.336 e. The van der Waals surface area contributed by atoms with Gasteiger partial charge < -0.3 is 5.11 Å². The second kappa shape index (κ2) is 4.48. The van der Waals surface area contributed by atoms with Crippen LogP contribution in [0.4, 0.5) is 8.78 Å². The lowest BCUT2D eigenvalue weighted by Crippen LogP contribution is -2.27. The molecule has 1 aliphatic rings. The minimum atomic E-state index is -1.12. The van der Waals surface area contributed by atoms with E-state index in [0.717, 1.165) is 25.0 Å². The summed E-state index contributed by atoms with van der Waals surface area (Å²) in [6, 6.07) is 1.91. The van der Waals surface area contributed by atoms with E-state index in [9.17, 15) is 18.7 Å². The molecule has 0 saturated carbocycles. The lowest BCUT2D eigenvalue weighted by Gasteiger charge is -2.32. The fourth-order valence-electron chi connectivity index (χ4n) is 3.17. The van der Waals surface area contributed by atoms with Crippen molar-refractivity contribution in [3.63, 3.8) is 0 Å². The summed E-state index contributed by atoms with van der Waals surface area (Å²) in [7, 11) is 0. The zero-order valence-electron chi connectivity index (χ0n) is 11.8. The molecule has 21 heavy (non-hydrogen) atoms. The van der Waals surface area contributed by atoms with Gasteiger partial charge in [-0.2, -0.15) is 0 Å². The highest BCUT2D eigenvalue weighted by molar-refractivity contribution is 6.04. The van der Waals surface area contributed by atoms with E-state index in [-0.39, 0.29) is 21.9 Å². The van der Waals surface area contributed by atoms with E-state index in [1.807, 2.05) is 13.8 Å². The summed E-state index contributed by atoms with van der Waals surface area (Å²) in [5.74, 6) is -3.19. The molecular formula is C16H15F2NO2. The van der Waals surface area contributed by atoms with E-state index in [4.69, 9.17) is 0 Å². The summed E-state index contributed by atoms with van der Waals surface area (Å²) in [4.78, 5) is 16.1. The van der Waals surface area contributed by atoms with Crippen LogP contribution in [0.15, 0.2) is 12.1 Å². The zero-order chi connectivity index (χ0) is 15.4. The zero-order valence-corrected chi connectivity index (χ0v) is 11.8. The Morgan fingerprint density at radius 1 is 1.29 bits per heavy atom. The van der Waals surface area contributed by atoms with Crippen LogP contribution in [0, 0.1) is 11.6 Å². The van der Waals surface area contributed by atoms with Gasteiger partial charge in [-0.25, -0.2) is 13.6 Å². The van der Waals surface area contributed by atoms with Crippen molar-refractivity contribution in [1.82, 2.24) is 4.98 Å². The van der Waals surface area contributed by atoms with E-state index in [1.54, 1.807) is 0 Å². The fourth-order valence-corrected chi connectivity index (χ4v) is 3.17. The first kappa shape index (κ1) is 13.9. The molecule has 3 nitrogen and oxygen atoms in total. The van der Waals surface area contributed by atoms with Gasteiger partial charge in [0, 0.05) is 16.9 Å². The summed E-state index contributed by atoms with van der Waals surface area (Å²) in [6.07, 6.45) is 2.35. The number of carboxylic acid groups (broad SMARTS) is 1. The topological polar surface area (TPSA) is 50.2 Å². The molecule has 1 aliphatic carbocycles. The first-order valence-corrected chi connectivity index (χ1v) is 6.86. The largest absolute Gasteiger partial charge is 0.478 e. The monoisotopic (exact) mass is 291 g/mol. The molecule has 1 aromatic heterocycles. The normalized spacial score (nSPS) is 16.8. The van der Waals surface area contributed by atoms with Gasteiger partial charge in [0.05, 0.1) is 16.8 Å². The molecule has 0 unspecified atom stereocenters. The van der Waals surface area contributed by atoms with E-state index in [1.165, 1.54) is 0 Å². The minimum Gasteiger partial charge on any atom is -0.478 e. The van der Waals surface area contributed by atoms with Gasteiger partial charge in [-0.15, -0.1) is 0 Å². The molecule has 0 bridgehead atoms. The summed E-state index contributed by atoms with van der Waals surface area (Å²) < 4.78 is 26.9. The molecule has 0 atom stereocenters. The number of aromatic nitrogens is 1. The summed E-state index contributed by atoms with van der Waals surface area (Å²) in [5, 5.41) is 9.69. The number of fused-ring (bicyclic) bond motifs is 2. The SMILES string of the molecule is CC1(C)CCCc2c1nc1cc(F)c(F)cc1c2C(=O)O. The van der Waals surface area contributed by atoms with Crippen molar-refractivity contribution in [2.24, 2.45) is 0 Å². The highest BCUT2D eigenvalue weighted by Gasteiger charge is 2.33. The first-order valence-electron chi connectivity index (χ1n) is 6.86. The molecule has 1 N–H and O–H groups in total. The van der Waals surface area contributed by atoms with Crippen LogP contribution in [0.1, 0.15) is 48.3 Å². The van der Waals surface area contributed by atoms with Gasteiger partial charge in [0.1, 0.15) is 0 Å². The molecule has 110 valence electrons. The molecule has 0 radical (unpaired) electrons. The maximum atomic E-state index is 13.5. The Bertz CT molecular complexity index is 769. The van der Waals surface area contributed by atoms with Gasteiger partial charge in [-0.3, -0.25) is 4.98 Å². The van der Waals surface area contributed by atoms with Gasteiger partial charge in [-0.1, -0.05) is 13.8 Å². The number of benzene rings is 1. The summed E-state index contributed by atoms with van der Waals surface area (Å²) >= 11 is 0. The summed E-state index contributed by atoms with van der Waals surface area (Å²) in [6.45, 7) is 3.99. The molecule has 0 saturated heterocycles. The second-order valence-corrected chi connectivity index (χ2v) is 6.14. The Hall–Kier alpha value is -2.04. The number of aromatic carboxylic acids is 1. The Balaban J connectivity index is 2.47. The third-order valence-electron chi connectivity index (χ3n) is 4.21. The van der Waals surface area contributed by atoms with Crippen LogP contribution >= 0.6 is 0 Å². The number of hydrogen-bond donors (Lipinski definition) is 1. The van der Waals surface area contributed by atoms with Crippen LogP contribution in [0.2, 0.25) is 0 Å².